The van der Waals surface area contributed by atoms with Crippen LogP contribution in [0.2, 0.25) is 0 Å². The van der Waals surface area contributed by atoms with E-state index in [2.05, 4.69) is 13.0 Å². The quantitative estimate of drug-likeness (QED) is 0.346. The molecule has 1 unspecified atom stereocenters. The minimum atomic E-state index is -1.02. The molecule has 36 heavy (non-hydrogen) atoms. The Kier molecular flexibility index (Phi) is 7.22. The zero-order valence-corrected chi connectivity index (χ0v) is 21.0. The molecule has 0 aliphatic heterocycles. The van der Waals surface area contributed by atoms with Crippen molar-refractivity contribution >= 4 is 5.57 Å². The molecular formula is C32H33F3O. The number of methoxy groups -OCH3 is 1. The van der Waals surface area contributed by atoms with Crippen LogP contribution in [0, 0.1) is 35.2 Å². The van der Waals surface area contributed by atoms with E-state index in [1.54, 1.807) is 30.3 Å². The molecule has 0 heterocycles. The number of benzene rings is 3. The number of allylic oxidation sites excluding steroid dienone is 2. The van der Waals surface area contributed by atoms with Crippen molar-refractivity contribution in [1.82, 2.24) is 0 Å². The van der Waals surface area contributed by atoms with Crippen molar-refractivity contribution in [3.05, 3.63) is 83.7 Å². The van der Waals surface area contributed by atoms with Gasteiger partial charge in [0.15, 0.2) is 11.6 Å². The predicted octanol–water partition coefficient (Wildman–Crippen LogP) is 9.46. The second-order valence-electron chi connectivity index (χ2n) is 10.5. The van der Waals surface area contributed by atoms with E-state index in [0.29, 0.717) is 16.7 Å². The minimum Gasteiger partial charge on any atom is -0.494 e. The van der Waals surface area contributed by atoms with Gasteiger partial charge in [0.1, 0.15) is 5.82 Å². The molecule has 0 radical (unpaired) electrons. The number of halogens is 3. The molecule has 4 heteroatoms. The van der Waals surface area contributed by atoms with Crippen LogP contribution in [-0.2, 0) is 0 Å². The summed E-state index contributed by atoms with van der Waals surface area (Å²) in [6, 6.07) is 15.2. The second kappa shape index (κ2) is 10.5. The van der Waals surface area contributed by atoms with Gasteiger partial charge in [-0.25, -0.2) is 8.78 Å². The third kappa shape index (κ3) is 4.96. The largest absolute Gasteiger partial charge is 0.494 e. The van der Waals surface area contributed by atoms with E-state index in [9.17, 15) is 8.78 Å². The van der Waals surface area contributed by atoms with E-state index in [-0.39, 0.29) is 17.1 Å². The highest BCUT2D eigenvalue weighted by Gasteiger charge is 2.27. The zero-order chi connectivity index (χ0) is 25.2. The Morgan fingerprint density at radius 1 is 0.694 bits per heavy atom. The van der Waals surface area contributed by atoms with Crippen molar-refractivity contribution in [2.75, 3.05) is 7.11 Å². The molecule has 1 atom stereocenters. The SMILES string of the molecule is COc1ccc(-c2ccc(-c3ccc(C4=CCC(C5CCC(C)CC5)CC4)cc3F)cc2)c(F)c1F. The van der Waals surface area contributed by atoms with Gasteiger partial charge in [0, 0.05) is 11.1 Å². The van der Waals surface area contributed by atoms with E-state index in [0.717, 1.165) is 36.2 Å². The van der Waals surface area contributed by atoms with Crippen LogP contribution in [0.15, 0.2) is 60.7 Å². The highest BCUT2D eigenvalue weighted by atomic mass is 19.2. The highest BCUT2D eigenvalue weighted by molar-refractivity contribution is 5.74. The Morgan fingerprint density at radius 3 is 1.94 bits per heavy atom. The lowest BCUT2D eigenvalue weighted by Crippen LogP contribution is -2.22. The maximum atomic E-state index is 15.2. The Balaban J connectivity index is 1.30. The smallest absolute Gasteiger partial charge is 0.201 e. The third-order valence-electron chi connectivity index (χ3n) is 8.29. The average molecular weight is 491 g/mol. The maximum absolute atomic E-state index is 15.2. The summed E-state index contributed by atoms with van der Waals surface area (Å²) in [6.07, 6.45) is 11.1. The van der Waals surface area contributed by atoms with Crippen LogP contribution in [0.3, 0.4) is 0 Å². The molecule has 0 spiro atoms. The lowest BCUT2D eigenvalue weighted by molar-refractivity contribution is 0.202. The van der Waals surface area contributed by atoms with Gasteiger partial charge in [-0.05, 0) is 90.3 Å². The van der Waals surface area contributed by atoms with Gasteiger partial charge in [-0.2, -0.15) is 4.39 Å². The molecule has 0 aromatic heterocycles. The molecule has 2 aliphatic rings. The van der Waals surface area contributed by atoms with E-state index in [4.69, 9.17) is 4.74 Å². The molecular weight excluding hydrogens is 457 g/mol. The Bertz CT molecular complexity index is 1250. The first-order valence-electron chi connectivity index (χ1n) is 13.1. The molecule has 188 valence electrons. The van der Waals surface area contributed by atoms with Gasteiger partial charge < -0.3 is 4.74 Å². The molecule has 3 aromatic rings. The summed E-state index contributed by atoms with van der Waals surface area (Å²) in [4.78, 5) is 0. The summed E-state index contributed by atoms with van der Waals surface area (Å²) < 4.78 is 48.6. The van der Waals surface area contributed by atoms with E-state index >= 15 is 4.39 Å². The van der Waals surface area contributed by atoms with Crippen LogP contribution in [0.5, 0.6) is 5.75 Å². The van der Waals surface area contributed by atoms with Gasteiger partial charge in [-0.3, -0.25) is 0 Å². The standard InChI is InChI=1S/C32H33F3O/c1-20-3-5-21(6-4-20)22-7-9-23(10-8-22)26-15-16-27(29(33)19-26)24-11-13-25(14-12-24)28-17-18-30(36-2)32(35)31(28)34/h9,11-22H,3-8,10H2,1-2H3. The molecule has 0 N–H and O–H groups in total. The number of rotatable bonds is 5. The lowest BCUT2D eigenvalue weighted by atomic mass is 9.71. The zero-order valence-electron chi connectivity index (χ0n) is 21.0. The van der Waals surface area contributed by atoms with Crippen LogP contribution in [0.25, 0.3) is 27.8 Å². The normalized spacial score (nSPS) is 22.2. The van der Waals surface area contributed by atoms with Gasteiger partial charge in [-0.1, -0.05) is 62.2 Å². The van der Waals surface area contributed by atoms with Gasteiger partial charge >= 0.3 is 0 Å². The Labute approximate surface area is 212 Å². The molecule has 5 rings (SSSR count). The average Bonchev–Trinajstić information content (AvgIpc) is 2.91. The predicted molar refractivity (Wildman–Crippen MR) is 140 cm³/mol. The summed E-state index contributed by atoms with van der Waals surface area (Å²) in [7, 11) is 1.30. The molecule has 1 saturated carbocycles. The van der Waals surface area contributed by atoms with Gasteiger partial charge in [0.2, 0.25) is 5.82 Å². The van der Waals surface area contributed by atoms with Crippen LogP contribution in [0.4, 0.5) is 13.2 Å². The minimum absolute atomic E-state index is 0.137. The molecule has 0 saturated heterocycles. The Hall–Kier alpha value is -3.01. The van der Waals surface area contributed by atoms with Crippen molar-refractivity contribution in [3.8, 4) is 28.0 Å². The molecule has 0 amide bonds. The van der Waals surface area contributed by atoms with E-state index < -0.39 is 11.6 Å². The van der Waals surface area contributed by atoms with Gasteiger partial charge in [0.25, 0.3) is 0 Å². The first-order chi connectivity index (χ1) is 17.4. The summed E-state index contributed by atoms with van der Waals surface area (Å²) in [5.74, 6) is 0.113. The fraction of sp³-hybridized carbons (Fsp3) is 0.375. The van der Waals surface area contributed by atoms with Crippen LogP contribution >= 0.6 is 0 Å². The third-order valence-corrected chi connectivity index (χ3v) is 8.29. The fourth-order valence-electron chi connectivity index (χ4n) is 5.99. The molecule has 2 aliphatic carbocycles. The summed E-state index contributed by atoms with van der Waals surface area (Å²) in [5, 5.41) is 0. The first-order valence-corrected chi connectivity index (χ1v) is 13.1. The molecule has 3 aromatic carbocycles. The van der Waals surface area contributed by atoms with E-state index in [1.807, 2.05) is 12.1 Å². The van der Waals surface area contributed by atoms with Gasteiger partial charge in [-0.15, -0.1) is 0 Å². The highest BCUT2D eigenvalue weighted by Crippen LogP contribution is 2.41. The number of hydrogen-bond donors (Lipinski definition) is 0. The van der Waals surface area contributed by atoms with Crippen molar-refractivity contribution in [1.29, 1.82) is 0 Å². The Morgan fingerprint density at radius 2 is 1.33 bits per heavy atom. The van der Waals surface area contributed by atoms with Crippen molar-refractivity contribution in [2.45, 2.75) is 51.9 Å². The summed E-state index contributed by atoms with van der Waals surface area (Å²) in [5.41, 5.74) is 4.05. The molecule has 0 bridgehead atoms. The van der Waals surface area contributed by atoms with Crippen molar-refractivity contribution in [2.24, 2.45) is 17.8 Å². The second-order valence-corrected chi connectivity index (χ2v) is 10.5. The van der Waals surface area contributed by atoms with Crippen molar-refractivity contribution < 1.29 is 17.9 Å². The molecule has 1 nitrogen and oxygen atoms in total. The monoisotopic (exact) mass is 490 g/mol. The fourth-order valence-corrected chi connectivity index (χ4v) is 5.99. The summed E-state index contributed by atoms with van der Waals surface area (Å²) in [6.45, 7) is 2.36. The summed E-state index contributed by atoms with van der Waals surface area (Å²) >= 11 is 0. The lowest BCUT2D eigenvalue weighted by Gasteiger charge is -2.34. The van der Waals surface area contributed by atoms with Crippen LogP contribution in [0.1, 0.15) is 57.4 Å². The number of ether oxygens (including phenoxy) is 1. The van der Waals surface area contributed by atoms with Crippen LogP contribution in [-0.4, -0.2) is 7.11 Å². The topological polar surface area (TPSA) is 9.23 Å². The number of hydrogen-bond acceptors (Lipinski definition) is 1. The van der Waals surface area contributed by atoms with Crippen LogP contribution < -0.4 is 4.74 Å². The van der Waals surface area contributed by atoms with Gasteiger partial charge in [0.05, 0.1) is 7.11 Å². The van der Waals surface area contributed by atoms with Crippen molar-refractivity contribution in [3.63, 3.8) is 0 Å². The van der Waals surface area contributed by atoms with E-state index in [1.165, 1.54) is 56.9 Å². The maximum Gasteiger partial charge on any atom is 0.201 e. The first kappa shape index (κ1) is 24.7. The molecule has 1 fully saturated rings.